The molecule has 0 spiro atoms. The molecule has 0 aromatic carbocycles. The fourth-order valence-corrected chi connectivity index (χ4v) is 1.26. The molecule has 0 unspecified atom stereocenters. The molecule has 1 aromatic heterocycles. The van der Waals surface area contributed by atoms with Gasteiger partial charge in [-0.25, -0.2) is 9.97 Å². The highest BCUT2D eigenvalue weighted by Gasteiger charge is 2.31. The average molecular weight is 234 g/mol. The zero-order chi connectivity index (χ0) is 12.2. The molecule has 0 aliphatic carbocycles. The predicted molar refractivity (Wildman–Crippen MR) is 54.1 cm³/mol. The van der Waals surface area contributed by atoms with Gasteiger partial charge in [-0.3, -0.25) is 0 Å². The molecule has 1 heterocycles. The number of hydrogen-bond donors (Lipinski definition) is 1. The Bertz CT molecular complexity index is 340. The molecular formula is C9H13F3N4. The monoisotopic (exact) mass is 234 g/mol. The third-order valence-electron chi connectivity index (χ3n) is 1.88. The summed E-state index contributed by atoms with van der Waals surface area (Å²) in [5.74, 6) is 0.246. The molecule has 16 heavy (non-hydrogen) atoms. The van der Waals surface area contributed by atoms with Gasteiger partial charge in [-0.15, -0.1) is 0 Å². The van der Waals surface area contributed by atoms with Gasteiger partial charge in [0.2, 0.25) is 0 Å². The minimum Gasteiger partial charge on any atom is -0.346 e. The summed E-state index contributed by atoms with van der Waals surface area (Å²) < 4.78 is 36.9. The molecular weight excluding hydrogens is 221 g/mol. The lowest BCUT2D eigenvalue weighted by Gasteiger charge is -2.24. The van der Waals surface area contributed by atoms with Crippen LogP contribution >= 0.6 is 0 Å². The second kappa shape index (κ2) is 5.11. The van der Waals surface area contributed by atoms with Gasteiger partial charge in [0, 0.05) is 24.8 Å². The van der Waals surface area contributed by atoms with Crippen LogP contribution in [-0.2, 0) is 0 Å². The number of aromatic nitrogens is 2. The Kier molecular flexibility index (Phi) is 4.05. The number of aryl methyl sites for hydroxylation is 1. The van der Waals surface area contributed by atoms with E-state index < -0.39 is 12.7 Å². The number of hydrogen-bond acceptors (Lipinski definition) is 4. The predicted octanol–water partition coefficient (Wildman–Crippen LogP) is 1.11. The minimum absolute atomic E-state index is 0.107. The van der Waals surface area contributed by atoms with Gasteiger partial charge in [-0.1, -0.05) is 0 Å². The van der Waals surface area contributed by atoms with Crippen molar-refractivity contribution < 1.29 is 13.2 Å². The van der Waals surface area contributed by atoms with Gasteiger partial charge in [-0.05, 0) is 6.92 Å². The van der Waals surface area contributed by atoms with E-state index in [0.29, 0.717) is 5.69 Å². The highest BCUT2D eigenvalue weighted by Crippen LogP contribution is 2.20. The Hall–Kier alpha value is -1.37. The van der Waals surface area contributed by atoms with Crippen LogP contribution in [0.2, 0.25) is 0 Å². The smallest absolute Gasteiger partial charge is 0.346 e. The van der Waals surface area contributed by atoms with Crippen molar-refractivity contribution in [2.45, 2.75) is 13.1 Å². The lowest BCUT2D eigenvalue weighted by atomic mass is 10.3. The van der Waals surface area contributed by atoms with E-state index in [9.17, 15) is 13.2 Å². The molecule has 0 bridgehead atoms. The Morgan fingerprint density at radius 3 is 2.56 bits per heavy atom. The molecule has 1 rings (SSSR count). The summed E-state index contributed by atoms with van der Waals surface area (Å²) >= 11 is 0. The first-order valence-electron chi connectivity index (χ1n) is 4.73. The van der Waals surface area contributed by atoms with Crippen molar-refractivity contribution in [3.63, 3.8) is 0 Å². The quantitative estimate of drug-likeness (QED) is 0.848. The number of halogens is 3. The number of anilines is 1. The Morgan fingerprint density at radius 1 is 1.38 bits per heavy atom. The molecule has 0 saturated carbocycles. The van der Waals surface area contributed by atoms with E-state index >= 15 is 0 Å². The standard InChI is InChI=1S/C9H13F3N4/c1-7-4-8(15-6-14-7)16(3-2-13)5-9(10,11)12/h4,6H,2-3,5,13H2,1H3. The molecule has 0 amide bonds. The molecule has 7 heteroatoms. The molecule has 0 radical (unpaired) electrons. The van der Waals surface area contributed by atoms with E-state index in [2.05, 4.69) is 9.97 Å². The van der Waals surface area contributed by atoms with E-state index in [-0.39, 0.29) is 18.9 Å². The van der Waals surface area contributed by atoms with Gasteiger partial charge in [0.25, 0.3) is 0 Å². The molecule has 0 saturated heterocycles. The topological polar surface area (TPSA) is 55.0 Å². The van der Waals surface area contributed by atoms with Crippen molar-refractivity contribution in [3.05, 3.63) is 18.1 Å². The van der Waals surface area contributed by atoms with E-state index in [0.717, 1.165) is 4.90 Å². The van der Waals surface area contributed by atoms with Crippen LogP contribution in [0.3, 0.4) is 0 Å². The lowest BCUT2D eigenvalue weighted by molar-refractivity contribution is -0.119. The summed E-state index contributed by atoms with van der Waals surface area (Å²) in [6.07, 6.45) is -3.03. The second-order valence-corrected chi connectivity index (χ2v) is 3.34. The van der Waals surface area contributed by atoms with Gasteiger partial charge in [0.15, 0.2) is 0 Å². The van der Waals surface area contributed by atoms with Crippen molar-refractivity contribution in [1.29, 1.82) is 0 Å². The number of nitrogens with zero attached hydrogens (tertiary/aromatic N) is 3. The molecule has 0 aliphatic rings. The first-order valence-corrected chi connectivity index (χ1v) is 4.73. The van der Waals surface area contributed by atoms with Crippen LogP contribution in [0.5, 0.6) is 0 Å². The van der Waals surface area contributed by atoms with Crippen LogP contribution in [0.15, 0.2) is 12.4 Å². The third-order valence-corrected chi connectivity index (χ3v) is 1.88. The molecule has 4 nitrogen and oxygen atoms in total. The van der Waals surface area contributed by atoms with Gasteiger partial charge >= 0.3 is 6.18 Å². The fourth-order valence-electron chi connectivity index (χ4n) is 1.26. The molecule has 0 atom stereocenters. The van der Waals surface area contributed by atoms with Gasteiger partial charge in [-0.2, -0.15) is 13.2 Å². The Morgan fingerprint density at radius 2 is 2.06 bits per heavy atom. The SMILES string of the molecule is Cc1cc(N(CCN)CC(F)(F)F)ncn1. The minimum atomic E-state index is -4.27. The molecule has 90 valence electrons. The first kappa shape index (κ1) is 12.7. The van der Waals surface area contributed by atoms with Crippen molar-refractivity contribution in [1.82, 2.24) is 9.97 Å². The summed E-state index contributed by atoms with van der Waals surface area (Å²) in [6.45, 7) is 0.884. The van der Waals surface area contributed by atoms with Crippen LogP contribution in [-0.4, -0.2) is 35.8 Å². The Labute approximate surface area is 91.3 Å². The second-order valence-electron chi connectivity index (χ2n) is 3.34. The molecule has 0 aliphatic heterocycles. The van der Waals surface area contributed by atoms with E-state index in [1.165, 1.54) is 12.4 Å². The normalized spacial score (nSPS) is 11.6. The maximum Gasteiger partial charge on any atom is 0.405 e. The summed E-state index contributed by atoms with van der Waals surface area (Å²) in [7, 11) is 0. The maximum absolute atomic E-state index is 12.3. The fraction of sp³-hybridized carbons (Fsp3) is 0.556. The van der Waals surface area contributed by atoms with Gasteiger partial charge in [0.05, 0.1) is 0 Å². The third kappa shape index (κ3) is 4.01. The maximum atomic E-state index is 12.3. The van der Waals surface area contributed by atoms with E-state index in [1.807, 2.05) is 0 Å². The number of alkyl halides is 3. The average Bonchev–Trinajstić information content (AvgIpc) is 2.15. The van der Waals surface area contributed by atoms with E-state index in [4.69, 9.17) is 5.73 Å². The highest BCUT2D eigenvalue weighted by molar-refractivity contribution is 5.38. The van der Waals surface area contributed by atoms with Crippen LogP contribution in [0.1, 0.15) is 5.69 Å². The molecule has 2 N–H and O–H groups in total. The largest absolute Gasteiger partial charge is 0.405 e. The van der Waals surface area contributed by atoms with E-state index in [1.54, 1.807) is 6.92 Å². The van der Waals surface area contributed by atoms with Crippen LogP contribution in [0.25, 0.3) is 0 Å². The van der Waals surface area contributed by atoms with Crippen LogP contribution in [0.4, 0.5) is 19.0 Å². The molecule has 1 aromatic rings. The lowest BCUT2D eigenvalue weighted by Crippen LogP contribution is -2.38. The zero-order valence-corrected chi connectivity index (χ0v) is 8.83. The van der Waals surface area contributed by atoms with Crippen molar-refractivity contribution in [2.75, 3.05) is 24.5 Å². The van der Waals surface area contributed by atoms with Crippen molar-refractivity contribution >= 4 is 5.82 Å². The first-order chi connectivity index (χ1) is 7.42. The van der Waals surface area contributed by atoms with Crippen LogP contribution < -0.4 is 10.6 Å². The summed E-state index contributed by atoms with van der Waals surface area (Å²) in [5.41, 5.74) is 5.89. The van der Waals surface area contributed by atoms with Gasteiger partial charge < -0.3 is 10.6 Å². The molecule has 0 fully saturated rings. The van der Waals surface area contributed by atoms with Crippen molar-refractivity contribution in [3.8, 4) is 0 Å². The zero-order valence-electron chi connectivity index (χ0n) is 8.83. The summed E-state index contributed by atoms with van der Waals surface area (Å²) in [6, 6.07) is 1.50. The Balaban J connectivity index is 2.85. The summed E-state index contributed by atoms with van der Waals surface area (Å²) in [5, 5.41) is 0. The van der Waals surface area contributed by atoms with Crippen LogP contribution in [0, 0.1) is 6.92 Å². The summed E-state index contributed by atoms with van der Waals surface area (Å²) in [4.78, 5) is 8.72. The highest BCUT2D eigenvalue weighted by atomic mass is 19.4. The van der Waals surface area contributed by atoms with Crippen molar-refractivity contribution in [2.24, 2.45) is 5.73 Å². The van der Waals surface area contributed by atoms with Gasteiger partial charge in [0.1, 0.15) is 18.7 Å². The number of nitrogens with two attached hydrogens (primary N) is 1. The number of rotatable bonds is 4.